The minimum Gasteiger partial charge on any atom is -0.325 e. The van der Waals surface area contributed by atoms with Crippen LogP contribution < -0.4 is 5.32 Å². The molecule has 2 nitrogen and oxygen atoms in total. The number of hydrogen-bond acceptors (Lipinski definition) is 2. The summed E-state index contributed by atoms with van der Waals surface area (Å²) in [5, 5.41) is 2.62. The zero-order valence-electron chi connectivity index (χ0n) is 10.0. The molecule has 0 aliphatic rings. The highest BCUT2D eigenvalue weighted by molar-refractivity contribution is 7.81. The molecule has 0 radical (unpaired) electrons. The summed E-state index contributed by atoms with van der Waals surface area (Å²) in [6.45, 7) is 6.19. The lowest BCUT2D eigenvalue weighted by molar-refractivity contribution is -0.115. The van der Waals surface area contributed by atoms with Crippen molar-refractivity contribution in [3.63, 3.8) is 0 Å². The summed E-state index contributed by atoms with van der Waals surface area (Å²) in [6, 6.07) is 7.77. The molecule has 0 fully saturated rings. The highest BCUT2D eigenvalue weighted by Gasteiger charge is 2.15. The first-order valence-electron chi connectivity index (χ1n) is 5.54. The number of carbonyl (C=O) groups excluding carboxylic acids is 1. The molecule has 0 saturated heterocycles. The molecule has 0 unspecified atom stereocenters. The van der Waals surface area contributed by atoms with Gasteiger partial charge >= 0.3 is 0 Å². The number of nitrogens with one attached hydrogen (secondary N) is 1. The molecule has 0 aliphatic carbocycles. The molecular formula is C13H19NOS. The predicted octanol–water partition coefficient (Wildman–Crippen LogP) is 3.28. The van der Waals surface area contributed by atoms with Crippen molar-refractivity contribution in [1.82, 2.24) is 0 Å². The van der Waals surface area contributed by atoms with E-state index in [2.05, 4.69) is 31.8 Å². The van der Waals surface area contributed by atoms with Gasteiger partial charge in [0.2, 0.25) is 5.91 Å². The third kappa shape index (κ3) is 4.27. The Bertz CT molecular complexity index is 345. The first-order chi connectivity index (χ1) is 7.49. The molecule has 1 aromatic carbocycles. The van der Waals surface area contributed by atoms with Crippen LogP contribution in [0.2, 0.25) is 0 Å². The highest BCUT2D eigenvalue weighted by Crippen LogP contribution is 2.14. The molecule has 0 heterocycles. The van der Waals surface area contributed by atoms with E-state index >= 15 is 0 Å². The molecule has 88 valence electrons. The van der Waals surface area contributed by atoms with Crippen molar-refractivity contribution in [2.45, 2.75) is 32.4 Å². The number of rotatable bonds is 4. The van der Waals surface area contributed by atoms with E-state index in [0.717, 1.165) is 12.1 Å². The van der Waals surface area contributed by atoms with Crippen LogP contribution in [-0.2, 0) is 4.79 Å². The fourth-order valence-electron chi connectivity index (χ4n) is 1.42. The van der Waals surface area contributed by atoms with E-state index in [-0.39, 0.29) is 11.2 Å². The van der Waals surface area contributed by atoms with Gasteiger partial charge in [-0.15, -0.1) is 0 Å². The first kappa shape index (κ1) is 13.1. The molecule has 0 aromatic heterocycles. The molecule has 1 N–H and O–H groups in total. The van der Waals surface area contributed by atoms with Crippen molar-refractivity contribution in [3.8, 4) is 0 Å². The molecule has 1 atom stereocenters. The van der Waals surface area contributed by atoms with Gasteiger partial charge in [-0.1, -0.05) is 31.5 Å². The molecule has 0 bridgehead atoms. The van der Waals surface area contributed by atoms with E-state index in [0.29, 0.717) is 5.92 Å². The van der Waals surface area contributed by atoms with Gasteiger partial charge < -0.3 is 5.32 Å². The van der Waals surface area contributed by atoms with Crippen LogP contribution in [0.4, 0.5) is 5.69 Å². The Morgan fingerprint density at radius 1 is 1.31 bits per heavy atom. The molecule has 1 amide bonds. The summed E-state index contributed by atoms with van der Waals surface area (Å²) in [5.41, 5.74) is 2.01. The van der Waals surface area contributed by atoms with Gasteiger partial charge in [0.25, 0.3) is 0 Å². The second-order valence-corrected chi connectivity index (χ2v) is 5.12. The molecule has 1 rings (SSSR count). The number of hydrogen-bond donors (Lipinski definition) is 2. The van der Waals surface area contributed by atoms with Gasteiger partial charge in [-0.2, -0.15) is 12.6 Å². The zero-order valence-corrected chi connectivity index (χ0v) is 10.9. The van der Waals surface area contributed by atoms with Crippen molar-refractivity contribution >= 4 is 24.2 Å². The Hall–Kier alpha value is -0.960. The number of thiol groups is 1. The summed E-state index contributed by atoms with van der Waals surface area (Å²) < 4.78 is 0. The van der Waals surface area contributed by atoms with Gasteiger partial charge in [0.05, 0.1) is 5.25 Å². The van der Waals surface area contributed by atoms with Gasteiger partial charge in [0.1, 0.15) is 0 Å². The summed E-state index contributed by atoms with van der Waals surface area (Å²) in [7, 11) is 0. The maximum Gasteiger partial charge on any atom is 0.237 e. The van der Waals surface area contributed by atoms with Crippen LogP contribution in [0.25, 0.3) is 0 Å². The lowest BCUT2D eigenvalue weighted by Crippen LogP contribution is -2.24. The molecule has 0 saturated carbocycles. The minimum atomic E-state index is -0.235. The fourth-order valence-corrected chi connectivity index (χ4v) is 1.90. The van der Waals surface area contributed by atoms with E-state index in [9.17, 15) is 4.79 Å². The number of carbonyl (C=O) groups is 1. The largest absolute Gasteiger partial charge is 0.325 e. The van der Waals surface area contributed by atoms with Crippen LogP contribution in [0.15, 0.2) is 24.3 Å². The maximum atomic E-state index is 11.7. The Morgan fingerprint density at radius 2 is 1.88 bits per heavy atom. The molecule has 0 spiro atoms. The van der Waals surface area contributed by atoms with E-state index < -0.39 is 0 Å². The summed E-state index contributed by atoms with van der Waals surface area (Å²) in [6.07, 6.45) is 0.792. The molecule has 1 aromatic rings. The standard InChI is InChI=1S/C13H19NOS/c1-9(2)8-12(16)13(15)14-11-6-4-10(3)5-7-11/h4-7,9,12,16H,8H2,1-3H3,(H,14,15)/t12-/m0/s1. The highest BCUT2D eigenvalue weighted by atomic mass is 32.1. The van der Waals surface area contributed by atoms with Crippen molar-refractivity contribution in [1.29, 1.82) is 0 Å². The van der Waals surface area contributed by atoms with Crippen molar-refractivity contribution in [3.05, 3.63) is 29.8 Å². The van der Waals surface area contributed by atoms with Gasteiger partial charge in [0.15, 0.2) is 0 Å². The number of benzene rings is 1. The van der Waals surface area contributed by atoms with Gasteiger partial charge in [-0.25, -0.2) is 0 Å². The average molecular weight is 237 g/mol. The molecule has 0 aliphatic heterocycles. The lowest BCUT2D eigenvalue weighted by Gasteiger charge is -2.13. The van der Waals surface area contributed by atoms with E-state index in [1.54, 1.807) is 0 Å². The Kier molecular flexibility index (Phi) is 4.87. The first-order valence-corrected chi connectivity index (χ1v) is 6.06. The Morgan fingerprint density at radius 3 is 2.38 bits per heavy atom. The van der Waals surface area contributed by atoms with Gasteiger partial charge in [0, 0.05) is 5.69 Å². The number of amides is 1. The summed E-state index contributed by atoms with van der Waals surface area (Å²) >= 11 is 4.30. The maximum absolute atomic E-state index is 11.7. The predicted molar refractivity (Wildman–Crippen MR) is 72.0 cm³/mol. The second-order valence-electron chi connectivity index (χ2n) is 4.50. The fraction of sp³-hybridized carbons (Fsp3) is 0.462. The quantitative estimate of drug-likeness (QED) is 0.773. The number of aryl methyl sites for hydroxylation is 1. The van der Waals surface area contributed by atoms with Crippen molar-refractivity contribution in [2.24, 2.45) is 5.92 Å². The normalized spacial score (nSPS) is 12.6. The smallest absolute Gasteiger partial charge is 0.237 e. The van der Waals surface area contributed by atoms with Crippen molar-refractivity contribution in [2.75, 3.05) is 5.32 Å². The molecule has 3 heteroatoms. The van der Waals surface area contributed by atoms with E-state index in [4.69, 9.17) is 0 Å². The van der Waals surface area contributed by atoms with Gasteiger partial charge in [-0.3, -0.25) is 4.79 Å². The molecule has 16 heavy (non-hydrogen) atoms. The molecular weight excluding hydrogens is 218 g/mol. The number of anilines is 1. The topological polar surface area (TPSA) is 29.1 Å². The third-order valence-corrected chi connectivity index (χ3v) is 2.76. The summed E-state index contributed by atoms with van der Waals surface area (Å²) in [5.74, 6) is 0.451. The Labute approximate surface area is 103 Å². The SMILES string of the molecule is Cc1ccc(NC(=O)[C@@H](S)CC(C)C)cc1. The van der Waals surface area contributed by atoms with Crippen LogP contribution >= 0.6 is 12.6 Å². The van der Waals surface area contributed by atoms with Crippen LogP contribution in [0.5, 0.6) is 0 Å². The van der Waals surface area contributed by atoms with Crippen LogP contribution in [0.1, 0.15) is 25.8 Å². The zero-order chi connectivity index (χ0) is 12.1. The van der Waals surface area contributed by atoms with Gasteiger partial charge in [-0.05, 0) is 31.4 Å². The minimum absolute atomic E-state index is 0.0270. The lowest BCUT2D eigenvalue weighted by atomic mass is 10.1. The summed E-state index contributed by atoms with van der Waals surface area (Å²) in [4.78, 5) is 11.7. The van der Waals surface area contributed by atoms with Crippen LogP contribution in [0.3, 0.4) is 0 Å². The van der Waals surface area contributed by atoms with Crippen molar-refractivity contribution < 1.29 is 4.79 Å². The Balaban J connectivity index is 2.54. The van der Waals surface area contributed by atoms with Crippen LogP contribution in [-0.4, -0.2) is 11.2 Å². The van der Waals surface area contributed by atoms with Crippen LogP contribution in [0, 0.1) is 12.8 Å². The van der Waals surface area contributed by atoms with E-state index in [1.807, 2.05) is 31.2 Å². The third-order valence-electron chi connectivity index (χ3n) is 2.32. The average Bonchev–Trinajstić information content (AvgIpc) is 2.20. The second kappa shape index (κ2) is 5.94. The van der Waals surface area contributed by atoms with E-state index in [1.165, 1.54) is 5.56 Å². The monoisotopic (exact) mass is 237 g/mol.